The van der Waals surface area contributed by atoms with E-state index in [-0.39, 0.29) is 0 Å². The molecule has 0 aromatic rings. The summed E-state index contributed by atoms with van der Waals surface area (Å²) in [5.41, 5.74) is 0. The van der Waals surface area contributed by atoms with E-state index in [0.717, 1.165) is 17.1 Å². The van der Waals surface area contributed by atoms with Crippen LogP contribution in [0.25, 0.3) is 0 Å². The maximum Gasteiger partial charge on any atom is 0.0141 e. The van der Waals surface area contributed by atoms with E-state index in [2.05, 4.69) is 25.4 Å². The van der Waals surface area contributed by atoms with Crippen molar-refractivity contribution >= 4 is 11.8 Å². The van der Waals surface area contributed by atoms with Crippen molar-refractivity contribution in [3.8, 4) is 0 Å². The van der Waals surface area contributed by atoms with Gasteiger partial charge in [0.15, 0.2) is 0 Å². The van der Waals surface area contributed by atoms with E-state index in [4.69, 9.17) is 0 Å². The van der Waals surface area contributed by atoms with Crippen LogP contribution >= 0.6 is 11.8 Å². The molecule has 1 fully saturated rings. The summed E-state index contributed by atoms with van der Waals surface area (Å²) in [6.45, 7) is 7.10. The number of hydrogen-bond acceptors (Lipinski definition) is 2. The maximum atomic E-state index is 3.60. The van der Waals surface area contributed by atoms with Crippen LogP contribution in [0.4, 0.5) is 0 Å². The van der Waals surface area contributed by atoms with Crippen LogP contribution in [0, 0.1) is 11.8 Å². The monoisotopic (exact) mass is 215 g/mol. The SMILES string of the molecule is CSC(C)CNCC1CCC(C)CC1. The summed E-state index contributed by atoms with van der Waals surface area (Å²) in [7, 11) is 0. The first-order valence-corrected chi connectivity index (χ1v) is 7.24. The zero-order valence-electron chi connectivity index (χ0n) is 9.88. The molecule has 1 N–H and O–H groups in total. The first-order chi connectivity index (χ1) is 6.72. The normalized spacial score (nSPS) is 30.2. The van der Waals surface area contributed by atoms with Crippen molar-refractivity contribution in [1.29, 1.82) is 0 Å². The van der Waals surface area contributed by atoms with Gasteiger partial charge in [0, 0.05) is 11.8 Å². The molecule has 0 aromatic carbocycles. The van der Waals surface area contributed by atoms with Crippen molar-refractivity contribution in [2.24, 2.45) is 11.8 Å². The fourth-order valence-corrected chi connectivity index (χ4v) is 2.39. The first-order valence-electron chi connectivity index (χ1n) is 5.96. The van der Waals surface area contributed by atoms with Crippen LogP contribution in [0.2, 0.25) is 0 Å². The average molecular weight is 215 g/mol. The van der Waals surface area contributed by atoms with Crippen LogP contribution in [0.15, 0.2) is 0 Å². The molecule has 1 saturated carbocycles. The minimum Gasteiger partial charge on any atom is -0.315 e. The van der Waals surface area contributed by atoms with Crippen molar-refractivity contribution in [3.63, 3.8) is 0 Å². The predicted molar refractivity (Wildman–Crippen MR) is 67.0 cm³/mol. The smallest absolute Gasteiger partial charge is 0.0141 e. The second-order valence-corrected chi connectivity index (χ2v) is 6.11. The molecular weight excluding hydrogens is 190 g/mol. The summed E-state index contributed by atoms with van der Waals surface area (Å²) in [6, 6.07) is 0. The van der Waals surface area contributed by atoms with Gasteiger partial charge in [0.05, 0.1) is 0 Å². The van der Waals surface area contributed by atoms with Crippen LogP contribution in [0.5, 0.6) is 0 Å². The van der Waals surface area contributed by atoms with E-state index in [9.17, 15) is 0 Å². The molecule has 0 spiro atoms. The third-order valence-electron chi connectivity index (χ3n) is 3.40. The summed E-state index contributed by atoms with van der Waals surface area (Å²) in [4.78, 5) is 0. The highest BCUT2D eigenvalue weighted by Gasteiger charge is 2.17. The Kier molecular flexibility index (Phi) is 5.95. The molecule has 1 aliphatic rings. The van der Waals surface area contributed by atoms with Gasteiger partial charge >= 0.3 is 0 Å². The highest BCUT2D eigenvalue weighted by atomic mass is 32.2. The fraction of sp³-hybridized carbons (Fsp3) is 1.00. The molecule has 1 rings (SSSR count). The van der Waals surface area contributed by atoms with E-state index in [1.54, 1.807) is 0 Å². The molecule has 0 heterocycles. The number of nitrogens with one attached hydrogen (secondary N) is 1. The van der Waals surface area contributed by atoms with Crippen LogP contribution < -0.4 is 5.32 Å². The van der Waals surface area contributed by atoms with Gasteiger partial charge in [0.1, 0.15) is 0 Å². The quantitative estimate of drug-likeness (QED) is 0.756. The minimum absolute atomic E-state index is 0.762. The van der Waals surface area contributed by atoms with Gasteiger partial charge in [-0.1, -0.05) is 26.7 Å². The largest absolute Gasteiger partial charge is 0.315 e. The van der Waals surface area contributed by atoms with E-state index in [1.165, 1.54) is 38.8 Å². The Morgan fingerprint density at radius 2 is 1.93 bits per heavy atom. The molecular formula is C12H25NS. The lowest BCUT2D eigenvalue weighted by atomic mass is 9.83. The molecule has 1 atom stereocenters. The lowest BCUT2D eigenvalue weighted by Gasteiger charge is -2.26. The molecule has 1 unspecified atom stereocenters. The molecule has 0 aliphatic heterocycles. The molecule has 0 amide bonds. The Morgan fingerprint density at radius 1 is 1.29 bits per heavy atom. The molecule has 0 saturated heterocycles. The Hall–Kier alpha value is 0.310. The highest BCUT2D eigenvalue weighted by Crippen LogP contribution is 2.27. The topological polar surface area (TPSA) is 12.0 Å². The molecule has 1 aliphatic carbocycles. The fourth-order valence-electron chi connectivity index (χ4n) is 2.11. The van der Waals surface area contributed by atoms with E-state index < -0.39 is 0 Å². The molecule has 84 valence electrons. The summed E-state index contributed by atoms with van der Waals surface area (Å²) in [6.07, 6.45) is 7.98. The molecule has 0 radical (unpaired) electrons. The molecule has 0 aromatic heterocycles. The van der Waals surface area contributed by atoms with Gasteiger partial charge in [-0.2, -0.15) is 11.8 Å². The van der Waals surface area contributed by atoms with Gasteiger partial charge in [-0.25, -0.2) is 0 Å². The summed E-state index contributed by atoms with van der Waals surface area (Å²) in [5, 5.41) is 4.36. The average Bonchev–Trinajstić information content (AvgIpc) is 2.21. The van der Waals surface area contributed by atoms with Crippen molar-refractivity contribution < 1.29 is 0 Å². The maximum absolute atomic E-state index is 3.60. The van der Waals surface area contributed by atoms with E-state index in [0.29, 0.717) is 0 Å². The Morgan fingerprint density at radius 3 is 2.50 bits per heavy atom. The Balaban J connectivity index is 2.02. The first kappa shape index (κ1) is 12.4. The van der Waals surface area contributed by atoms with Gasteiger partial charge in [-0.15, -0.1) is 0 Å². The number of thioether (sulfide) groups is 1. The lowest BCUT2D eigenvalue weighted by Crippen LogP contribution is -2.30. The molecule has 14 heavy (non-hydrogen) atoms. The highest BCUT2D eigenvalue weighted by molar-refractivity contribution is 7.99. The second-order valence-electron chi connectivity index (χ2n) is 4.83. The molecule has 1 nitrogen and oxygen atoms in total. The Bertz CT molecular complexity index is 141. The summed E-state index contributed by atoms with van der Waals surface area (Å²) >= 11 is 1.95. The third-order valence-corrected chi connectivity index (χ3v) is 4.37. The summed E-state index contributed by atoms with van der Waals surface area (Å²) < 4.78 is 0. The van der Waals surface area contributed by atoms with Gasteiger partial charge in [0.2, 0.25) is 0 Å². The van der Waals surface area contributed by atoms with E-state index >= 15 is 0 Å². The third kappa shape index (κ3) is 4.70. The van der Waals surface area contributed by atoms with Gasteiger partial charge in [-0.3, -0.25) is 0 Å². The van der Waals surface area contributed by atoms with Crippen LogP contribution in [-0.2, 0) is 0 Å². The van der Waals surface area contributed by atoms with Crippen LogP contribution in [0.1, 0.15) is 39.5 Å². The lowest BCUT2D eigenvalue weighted by molar-refractivity contribution is 0.282. The van der Waals surface area contributed by atoms with E-state index in [1.807, 2.05) is 11.8 Å². The molecule has 2 heteroatoms. The van der Waals surface area contributed by atoms with Crippen LogP contribution in [0.3, 0.4) is 0 Å². The van der Waals surface area contributed by atoms with Crippen molar-refractivity contribution in [2.45, 2.75) is 44.8 Å². The van der Waals surface area contributed by atoms with Crippen molar-refractivity contribution in [2.75, 3.05) is 19.3 Å². The van der Waals surface area contributed by atoms with Crippen LogP contribution in [-0.4, -0.2) is 24.6 Å². The zero-order chi connectivity index (χ0) is 10.4. The second kappa shape index (κ2) is 6.73. The predicted octanol–water partition coefficient (Wildman–Crippen LogP) is 3.15. The standard InChI is InChI=1S/C12H25NS/c1-10-4-6-12(7-5-10)9-13-8-11(2)14-3/h10-13H,4-9H2,1-3H3. The number of rotatable bonds is 5. The van der Waals surface area contributed by atoms with Gasteiger partial charge in [-0.05, 0) is 37.5 Å². The summed E-state index contributed by atoms with van der Waals surface area (Å²) in [5.74, 6) is 1.94. The van der Waals surface area contributed by atoms with Gasteiger partial charge < -0.3 is 5.32 Å². The minimum atomic E-state index is 0.762. The van der Waals surface area contributed by atoms with Crippen molar-refractivity contribution in [1.82, 2.24) is 5.32 Å². The number of hydrogen-bond donors (Lipinski definition) is 1. The van der Waals surface area contributed by atoms with Gasteiger partial charge in [0.25, 0.3) is 0 Å². The molecule has 0 bridgehead atoms. The Labute approximate surface area is 93.4 Å². The van der Waals surface area contributed by atoms with Crippen molar-refractivity contribution in [3.05, 3.63) is 0 Å². The zero-order valence-corrected chi connectivity index (χ0v) is 10.7.